The average molecular weight is 265 g/mol. The first-order valence-electron chi connectivity index (χ1n) is 6.36. The van der Waals surface area contributed by atoms with E-state index in [0.29, 0.717) is 0 Å². The zero-order valence-electron chi connectivity index (χ0n) is 10.6. The molecule has 2 bridgehead atoms. The first-order valence-corrected chi connectivity index (χ1v) is 6.36. The fraction of sp³-hybridized carbons (Fsp3) is 0.500. The second-order valence-corrected chi connectivity index (χ2v) is 5.39. The lowest BCUT2D eigenvalue weighted by Crippen LogP contribution is -2.63. The molecule has 0 aromatic heterocycles. The summed E-state index contributed by atoms with van der Waals surface area (Å²) in [6.07, 6.45) is -1.32. The third-order valence-electron chi connectivity index (χ3n) is 4.21. The van der Waals surface area contributed by atoms with Crippen molar-refractivity contribution in [2.75, 3.05) is 6.54 Å². The Kier molecular flexibility index (Phi) is 2.74. The smallest absolute Gasteiger partial charge is 0.410 e. The van der Waals surface area contributed by atoms with Crippen molar-refractivity contribution in [1.82, 2.24) is 4.90 Å². The molecule has 2 heterocycles. The fourth-order valence-corrected chi connectivity index (χ4v) is 3.08. The summed E-state index contributed by atoms with van der Waals surface area (Å²) in [5, 5.41) is 9.70. The zero-order valence-corrected chi connectivity index (χ0v) is 10.6. The summed E-state index contributed by atoms with van der Waals surface area (Å²) < 4.78 is 19.2. The molecule has 3 aliphatic rings. The van der Waals surface area contributed by atoms with E-state index in [1.807, 2.05) is 30.3 Å². The van der Waals surface area contributed by atoms with Crippen molar-refractivity contribution in [3.8, 4) is 0 Å². The van der Waals surface area contributed by atoms with Gasteiger partial charge in [-0.2, -0.15) is 0 Å². The van der Waals surface area contributed by atoms with Crippen molar-refractivity contribution in [2.45, 2.75) is 31.3 Å². The molecular formula is C14H16FNO3. The summed E-state index contributed by atoms with van der Waals surface area (Å²) in [5.74, 6) is -0.484. The van der Waals surface area contributed by atoms with Gasteiger partial charge in [0.2, 0.25) is 0 Å². The molecular weight excluding hydrogens is 249 g/mol. The number of benzene rings is 1. The highest BCUT2D eigenvalue weighted by Gasteiger charge is 2.69. The minimum Gasteiger partial charge on any atom is -0.445 e. The monoisotopic (exact) mass is 265 g/mol. The Morgan fingerprint density at radius 3 is 2.74 bits per heavy atom. The highest BCUT2D eigenvalue weighted by Crippen LogP contribution is 2.52. The van der Waals surface area contributed by atoms with Gasteiger partial charge in [0.15, 0.2) is 0 Å². The van der Waals surface area contributed by atoms with E-state index in [9.17, 15) is 14.3 Å². The number of fused-ring (bicyclic) bond motifs is 1. The van der Waals surface area contributed by atoms with Crippen LogP contribution in [0.2, 0.25) is 0 Å². The van der Waals surface area contributed by atoms with E-state index in [0.717, 1.165) is 5.56 Å². The number of ether oxygens (including phenoxy) is 1. The van der Waals surface area contributed by atoms with Crippen molar-refractivity contribution in [1.29, 1.82) is 0 Å². The SMILES string of the molecule is C[C@@]1(F)[C@@H]2CN(C(=O)OCc3ccccc3)[C@H]1[C@@H]2O. The molecule has 4 rings (SSSR count). The fourth-order valence-electron chi connectivity index (χ4n) is 3.08. The second-order valence-electron chi connectivity index (χ2n) is 5.39. The highest BCUT2D eigenvalue weighted by atomic mass is 19.1. The third kappa shape index (κ3) is 1.80. The van der Waals surface area contributed by atoms with Gasteiger partial charge in [0.25, 0.3) is 0 Å². The lowest BCUT2D eigenvalue weighted by Gasteiger charge is -2.44. The van der Waals surface area contributed by atoms with Gasteiger partial charge in [-0.3, -0.25) is 4.90 Å². The number of carbonyl (C=O) groups excluding carboxylic acids is 1. The van der Waals surface area contributed by atoms with Gasteiger partial charge in [-0.05, 0) is 12.5 Å². The van der Waals surface area contributed by atoms with Crippen LogP contribution in [0.5, 0.6) is 0 Å². The number of amides is 1. The van der Waals surface area contributed by atoms with Gasteiger partial charge < -0.3 is 9.84 Å². The van der Waals surface area contributed by atoms with Crippen molar-refractivity contribution in [3.63, 3.8) is 0 Å². The zero-order chi connectivity index (χ0) is 13.6. The molecule has 1 aliphatic carbocycles. The molecule has 3 fully saturated rings. The summed E-state index contributed by atoms with van der Waals surface area (Å²) in [7, 11) is 0. The van der Waals surface area contributed by atoms with Crippen LogP contribution in [0.4, 0.5) is 9.18 Å². The summed E-state index contributed by atoms with van der Waals surface area (Å²) in [6.45, 7) is 1.82. The molecule has 0 radical (unpaired) electrons. The molecule has 5 heteroatoms. The number of hydrogen-bond donors (Lipinski definition) is 1. The van der Waals surface area contributed by atoms with Gasteiger partial charge >= 0.3 is 6.09 Å². The standard InChI is InChI=1S/C14H16FNO3/c1-14(15)10-7-16(12(14)11(10)17)13(18)19-8-9-5-3-2-4-6-9/h2-6,10-12,17H,7-8H2,1H3/t10-,11-,12+,14-/m1/s1. The Morgan fingerprint density at radius 2 is 2.21 bits per heavy atom. The van der Waals surface area contributed by atoms with Gasteiger partial charge in [0.05, 0.1) is 12.1 Å². The number of aliphatic hydroxyl groups excluding tert-OH is 1. The van der Waals surface area contributed by atoms with E-state index >= 15 is 0 Å². The van der Waals surface area contributed by atoms with E-state index in [1.54, 1.807) is 0 Å². The lowest BCUT2D eigenvalue weighted by molar-refractivity contribution is -0.110. The number of aliphatic hydroxyl groups is 1. The van der Waals surface area contributed by atoms with Gasteiger partial charge in [-0.1, -0.05) is 30.3 Å². The van der Waals surface area contributed by atoms with Gasteiger partial charge in [-0.25, -0.2) is 9.18 Å². The molecule has 1 N–H and O–H groups in total. The van der Waals surface area contributed by atoms with Crippen LogP contribution in [0, 0.1) is 5.92 Å². The first-order chi connectivity index (χ1) is 9.01. The molecule has 1 saturated carbocycles. The number of hydrogen-bond acceptors (Lipinski definition) is 3. The molecule has 0 spiro atoms. The molecule has 1 aromatic carbocycles. The quantitative estimate of drug-likeness (QED) is 0.886. The average Bonchev–Trinajstić information content (AvgIpc) is 2.91. The van der Waals surface area contributed by atoms with E-state index in [2.05, 4.69) is 0 Å². The third-order valence-corrected chi connectivity index (χ3v) is 4.21. The highest BCUT2D eigenvalue weighted by molar-refractivity contribution is 5.70. The van der Waals surface area contributed by atoms with Crippen LogP contribution < -0.4 is 0 Å². The number of carbonyl (C=O) groups is 1. The summed E-state index contributed by atoms with van der Waals surface area (Å²) in [4.78, 5) is 13.2. The molecule has 1 amide bonds. The maximum atomic E-state index is 14.1. The van der Waals surface area contributed by atoms with E-state index in [1.165, 1.54) is 11.8 Å². The van der Waals surface area contributed by atoms with Crippen molar-refractivity contribution >= 4 is 6.09 Å². The Hall–Kier alpha value is -1.62. The minimum absolute atomic E-state index is 0.159. The van der Waals surface area contributed by atoms with Crippen molar-refractivity contribution in [3.05, 3.63) is 35.9 Å². The Morgan fingerprint density at radius 1 is 1.53 bits per heavy atom. The Balaban J connectivity index is 1.61. The predicted octanol–water partition coefficient (Wildman–Crippen LogP) is 1.73. The second kappa shape index (κ2) is 4.20. The normalized spacial score (nSPS) is 35.9. The van der Waals surface area contributed by atoms with E-state index < -0.39 is 29.8 Å². The molecule has 4 nitrogen and oxygen atoms in total. The molecule has 2 saturated heterocycles. The first kappa shape index (κ1) is 12.4. The van der Waals surface area contributed by atoms with Crippen LogP contribution >= 0.6 is 0 Å². The molecule has 0 unspecified atom stereocenters. The topological polar surface area (TPSA) is 49.8 Å². The maximum Gasteiger partial charge on any atom is 0.410 e. The molecule has 2 aliphatic heterocycles. The number of nitrogens with zero attached hydrogens (tertiary/aromatic N) is 1. The van der Waals surface area contributed by atoms with Crippen LogP contribution in [0.1, 0.15) is 12.5 Å². The van der Waals surface area contributed by atoms with Crippen LogP contribution in [0.25, 0.3) is 0 Å². The maximum absolute atomic E-state index is 14.1. The lowest BCUT2D eigenvalue weighted by atomic mass is 9.69. The number of alkyl halides is 1. The van der Waals surface area contributed by atoms with E-state index in [-0.39, 0.29) is 13.2 Å². The summed E-state index contributed by atoms with van der Waals surface area (Å²) >= 11 is 0. The minimum atomic E-state index is -1.49. The summed E-state index contributed by atoms with van der Waals surface area (Å²) in [5.41, 5.74) is -0.614. The molecule has 102 valence electrons. The van der Waals surface area contributed by atoms with Crippen LogP contribution in [0.3, 0.4) is 0 Å². The van der Waals surface area contributed by atoms with Crippen molar-refractivity contribution in [2.24, 2.45) is 5.92 Å². The number of rotatable bonds is 2. The molecule has 19 heavy (non-hydrogen) atoms. The Bertz CT molecular complexity index is 491. The van der Waals surface area contributed by atoms with E-state index in [4.69, 9.17) is 4.74 Å². The largest absolute Gasteiger partial charge is 0.445 e. The van der Waals surface area contributed by atoms with Crippen LogP contribution in [0.15, 0.2) is 30.3 Å². The predicted molar refractivity (Wildman–Crippen MR) is 66.1 cm³/mol. The van der Waals surface area contributed by atoms with Gasteiger partial charge in [-0.15, -0.1) is 0 Å². The Labute approximate surface area is 110 Å². The van der Waals surface area contributed by atoms with Crippen LogP contribution in [-0.4, -0.2) is 40.5 Å². The van der Waals surface area contributed by atoms with Crippen LogP contribution in [-0.2, 0) is 11.3 Å². The van der Waals surface area contributed by atoms with Gasteiger partial charge in [0, 0.05) is 12.5 Å². The number of halogens is 1. The molecule has 1 aromatic rings. The molecule has 4 atom stereocenters. The van der Waals surface area contributed by atoms with Gasteiger partial charge in [0.1, 0.15) is 12.3 Å². The van der Waals surface area contributed by atoms with Crippen molar-refractivity contribution < 1.29 is 19.0 Å². The summed E-state index contributed by atoms with van der Waals surface area (Å²) in [6, 6.07) is 8.54.